The van der Waals surface area contributed by atoms with Gasteiger partial charge < -0.3 is 0 Å². The van der Waals surface area contributed by atoms with Gasteiger partial charge in [0.15, 0.2) is 0 Å². The van der Waals surface area contributed by atoms with Gasteiger partial charge in [-0.05, 0) is 29.1 Å². The molecule has 2 fully saturated rings. The summed E-state index contributed by atoms with van der Waals surface area (Å²) in [6, 6.07) is 0. The van der Waals surface area contributed by atoms with Crippen molar-refractivity contribution in [3.8, 4) is 0 Å². The molecule has 0 heterocycles. The average molecular weight is 152 g/mol. The highest BCUT2D eigenvalue weighted by molar-refractivity contribution is 5.27. The molecule has 0 nitrogen and oxygen atoms in total. The fourth-order valence-corrected chi connectivity index (χ4v) is 3.18. The zero-order chi connectivity index (χ0) is 8.22. The fourth-order valence-electron chi connectivity index (χ4n) is 3.18. The molecule has 0 N–H and O–H groups in total. The SMILES string of the molecule is CCC(C)C1C2C1C2(C)CC. The molecular weight excluding hydrogens is 132 g/mol. The average Bonchev–Trinajstić information content (AvgIpc) is 2.87. The predicted molar refractivity (Wildman–Crippen MR) is 48.3 cm³/mol. The van der Waals surface area contributed by atoms with Gasteiger partial charge in [-0.25, -0.2) is 0 Å². The number of rotatable bonds is 3. The lowest BCUT2D eigenvalue weighted by atomic mass is 9.81. The standard InChI is InChI=1S/C11H20/c1-5-7(3)8-9-10(8)11(9,4)6-2/h7-10H,5-6H2,1-4H3. The molecule has 3 atom stereocenters. The highest BCUT2D eigenvalue weighted by Gasteiger charge is 2.80. The molecule has 3 unspecified atom stereocenters. The van der Waals surface area contributed by atoms with E-state index >= 15 is 0 Å². The molecule has 0 aromatic heterocycles. The van der Waals surface area contributed by atoms with Crippen LogP contribution in [0.25, 0.3) is 0 Å². The molecule has 2 aliphatic rings. The summed E-state index contributed by atoms with van der Waals surface area (Å²) in [5, 5.41) is 0. The van der Waals surface area contributed by atoms with Gasteiger partial charge in [0.05, 0.1) is 0 Å². The maximum absolute atomic E-state index is 2.47. The lowest BCUT2D eigenvalue weighted by molar-refractivity contribution is 0.252. The van der Waals surface area contributed by atoms with Crippen LogP contribution in [0.1, 0.15) is 40.5 Å². The Bertz CT molecular complexity index is 154. The summed E-state index contributed by atoms with van der Waals surface area (Å²) in [5.41, 5.74) is 0.800. The van der Waals surface area contributed by atoms with Gasteiger partial charge >= 0.3 is 0 Å². The molecule has 0 spiro atoms. The lowest BCUT2D eigenvalue weighted by Crippen LogP contribution is -2.16. The largest absolute Gasteiger partial charge is 0.0651 e. The van der Waals surface area contributed by atoms with Crippen molar-refractivity contribution >= 4 is 0 Å². The van der Waals surface area contributed by atoms with Crippen LogP contribution in [0, 0.1) is 29.1 Å². The number of fused-ring (bicyclic) bond motifs is 1. The van der Waals surface area contributed by atoms with Crippen molar-refractivity contribution in [2.45, 2.75) is 40.5 Å². The Kier molecular flexibility index (Phi) is 1.41. The van der Waals surface area contributed by atoms with Gasteiger partial charge in [-0.1, -0.05) is 40.5 Å². The third-order valence-electron chi connectivity index (χ3n) is 4.55. The highest BCUT2D eigenvalue weighted by atomic mass is 14.8. The van der Waals surface area contributed by atoms with Gasteiger partial charge in [0.2, 0.25) is 0 Å². The first-order valence-electron chi connectivity index (χ1n) is 5.16. The van der Waals surface area contributed by atoms with Gasteiger partial charge in [-0.3, -0.25) is 0 Å². The van der Waals surface area contributed by atoms with E-state index in [0.29, 0.717) is 0 Å². The van der Waals surface area contributed by atoms with Gasteiger partial charge in [-0.2, -0.15) is 0 Å². The van der Waals surface area contributed by atoms with Crippen LogP contribution in [0.4, 0.5) is 0 Å². The molecule has 0 aromatic rings. The minimum Gasteiger partial charge on any atom is -0.0651 e. The summed E-state index contributed by atoms with van der Waals surface area (Å²) in [4.78, 5) is 0. The van der Waals surface area contributed by atoms with Crippen LogP contribution >= 0.6 is 0 Å². The molecule has 0 saturated heterocycles. The van der Waals surface area contributed by atoms with Crippen molar-refractivity contribution in [3.63, 3.8) is 0 Å². The van der Waals surface area contributed by atoms with E-state index in [1.807, 2.05) is 0 Å². The van der Waals surface area contributed by atoms with Crippen LogP contribution in [0.2, 0.25) is 0 Å². The number of hydrogen-bond acceptors (Lipinski definition) is 0. The van der Waals surface area contributed by atoms with Crippen molar-refractivity contribution in [1.29, 1.82) is 0 Å². The summed E-state index contributed by atoms with van der Waals surface area (Å²) in [6.45, 7) is 9.57. The molecular formula is C11H20. The van der Waals surface area contributed by atoms with Crippen LogP contribution < -0.4 is 0 Å². The van der Waals surface area contributed by atoms with E-state index in [9.17, 15) is 0 Å². The van der Waals surface area contributed by atoms with E-state index in [4.69, 9.17) is 0 Å². The first kappa shape index (κ1) is 7.64. The van der Waals surface area contributed by atoms with Crippen LogP contribution in [0.15, 0.2) is 0 Å². The molecule has 0 radical (unpaired) electrons. The molecule has 64 valence electrons. The van der Waals surface area contributed by atoms with E-state index in [0.717, 1.165) is 29.1 Å². The highest BCUT2D eigenvalue weighted by Crippen LogP contribution is 2.84. The van der Waals surface area contributed by atoms with Crippen LogP contribution in [-0.2, 0) is 0 Å². The van der Waals surface area contributed by atoms with Gasteiger partial charge in [0.1, 0.15) is 0 Å². The minimum atomic E-state index is 0.800. The summed E-state index contributed by atoms with van der Waals surface area (Å²) < 4.78 is 0. The lowest BCUT2D eigenvalue weighted by Gasteiger charge is -2.23. The molecule has 0 aromatic carbocycles. The Morgan fingerprint density at radius 2 is 1.82 bits per heavy atom. The molecule has 2 saturated carbocycles. The predicted octanol–water partition coefficient (Wildman–Crippen LogP) is 3.32. The van der Waals surface area contributed by atoms with Crippen molar-refractivity contribution < 1.29 is 0 Å². The Morgan fingerprint density at radius 1 is 1.27 bits per heavy atom. The Hall–Kier alpha value is 0. The third-order valence-corrected chi connectivity index (χ3v) is 4.55. The molecule has 11 heavy (non-hydrogen) atoms. The first-order valence-corrected chi connectivity index (χ1v) is 5.16. The maximum Gasteiger partial charge on any atom is -0.0260 e. The fraction of sp³-hybridized carbons (Fsp3) is 1.00. The van der Waals surface area contributed by atoms with Crippen LogP contribution in [0.5, 0.6) is 0 Å². The van der Waals surface area contributed by atoms with E-state index in [1.54, 1.807) is 0 Å². The van der Waals surface area contributed by atoms with Crippen LogP contribution in [-0.4, -0.2) is 0 Å². The number of hydrogen-bond donors (Lipinski definition) is 0. The Morgan fingerprint density at radius 3 is 2.18 bits per heavy atom. The monoisotopic (exact) mass is 152 g/mol. The van der Waals surface area contributed by atoms with Crippen molar-refractivity contribution in [2.24, 2.45) is 29.1 Å². The molecule has 2 aliphatic carbocycles. The zero-order valence-corrected chi connectivity index (χ0v) is 8.22. The zero-order valence-electron chi connectivity index (χ0n) is 8.22. The smallest absolute Gasteiger partial charge is 0.0260 e. The second-order valence-corrected chi connectivity index (χ2v) is 4.87. The van der Waals surface area contributed by atoms with Crippen molar-refractivity contribution in [3.05, 3.63) is 0 Å². The molecule has 0 amide bonds. The van der Waals surface area contributed by atoms with Gasteiger partial charge in [0.25, 0.3) is 0 Å². The van der Waals surface area contributed by atoms with Crippen molar-refractivity contribution in [1.82, 2.24) is 0 Å². The minimum absolute atomic E-state index is 0.800. The molecule has 0 heteroatoms. The van der Waals surface area contributed by atoms with E-state index in [2.05, 4.69) is 27.7 Å². The second kappa shape index (κ2) is 2.02. The van der Waals surface area contributed by atoms with E-state index < -0.39 is 0 Å². The maximum atomic E-state index is 2.47. The van der Waals surface area contributed by atoms with Gasteiger partial charge in [0, 0.05) is 0 Å². The second-order valence-electron chi connectivity index (χ2n) is 4.87. The summed E-state index contributed by atoms with van der Waals surface area (Å²) in [6.07, 6.45) is 2.80. The molecule has 0 bridgehead atoms. The normalized spacial score (nSPS) is 55.1. The quantitative estimate of drug-likeness (QED) is 0.582. The molecule has 2 rings (SSSR count). The summed E-state index contributed by atoms with van der Waals surface area (Å²) in [5.74, 6) is 4.42. The van der Waals surface area contributed by atoms with E-state index in [-0.39, 0.29) is 0 Å². The molecule has 0 aliphatic heterocycles. The Balaban J connectivity index is 1.86. The topological polar surface area (TPSA) is 0 Å². The van der Waals surface area contributed by atoms with Crippen LogP contribution in [0.3, 0.4) is 0 Å². The van der Waals surface area contributed by atoms with E-state index in [1.165, 1.54) is 12.8 Å². The van der Waals surface area contributed by atoms with Crippen molar-refractivity contribution in [2.75, 3.05) is 0 Å². The third kappa shape index (κ3) is 0.761. The Labute approximate surface area is 70.4 Å². The van der Waals surface area contributed by atoms with Gasteiger partial charge in [-0.15, -0.1) is 0 Å². The summed E-state index contributed by atoms with van der Waals surface area (Å²) >= 11 is 0. The first-order chi connectivity index (χ1) is 5.16. The summed E-state index contributed by atoms with van der Waals surface area (Å²) in [7, 11) is 0.